The summed E-state index contributed by atoms with van der Waals surface area (Å²) >= 11 is 0. The quantitative estimate of drug-likeness (QED) is 0.589. The van der Waals surface area contributed by atoms with Crippen LogP contribution in [0.5, 0.6) is 0 Å². The molecule has 0 saturated heterocycles. The number of hydrogen-bond donors (Lipinski definition) is 1. The Morgan fingerprint density at radius 1 is 0.960 bits per heavy atom. The maximum absolute atomic E-state index is 13.5. The van der Waals surface area contributed by atoms with E-state index in [1.165, 1.54) is 24.5 Å². The molecule has 1 N–H and O–H groups in total. The van der Waals surface area contributed by atoms with Gasteiger partial charge < -0.3 is 5.32 Å². The summed E-state index contributed by atoms with van der Waals surface area (Å²) < 4.78 is 0. The lowest BCUT2D eigenvalue weighted by molar-refractivity contribution is -0.119. The number of fused-ring (bicyclic) bond motifs is 1. The van der Waals surface area contributed by atoms with Crippen LogP contribution in [0.15, 0.2) is 10.8 Å². The van der Waals surface area contributed by atoms with E-state index in [1.54, 1.807) is 5.57 Å². The van der Waals surface area contributed by atoms with E-state index in [0.29, 0.717) is 22.5 Å². The standard InChI is InChI=1S/C22H41NOSi/c1-14(2)25(15(3)4,16(5)6)19-17-12-10-11-13-18(17)20(22(7,8)9)23-21(19)24/h14-16,18,20H,10-13H2,1-9H3,(H,23,24)/t18-,20-/m1/s1. The molecule has 25 heavy (non-hydrogen) atoms. The number of carbonyl (C=O) groups excluding carboxylic acids is 1. The first kappa shape index (κ1) is 20.7. The SMILES string of the molecule is CC(C)[Si](C1=C2CCCC[C@H]2[C@H](C(C)(C)C)NC1=O)(C(C)C)C(C)C. The number of nitrogens with one attached hydrogen (secondary N) is 1. The van der Waals surface area contributed by atoms with Gasteiger partial charge >= 0.3 is 0 Å². The van der Waals surface area contributed by atoms with E-state index >= 15 is 0 Å². The van der Waals surface area contributed by atoms with Gasteiger partial charge in [0.15, 0.2) is 0 Å². The van der Waals surface area contributed by atoms with E-state index in [1.807, 2.05) is 0 Å². The molecule has 1 saturated carbocycles. The van der Waals surface area contributed by atoms with E-state index in [9.17, 15) is 4.79 Å². The van der Waals surface area contributed by atoms with Crippen LogP contribution in [0.1, 0.15) is 88.0 Å². The molecule has 1 heterocycles. The first-order valence-corrected chi connectivity index (χ1v) is 12.7. The molecule has 1 aliphatic heterocycles. The zero-order chi connectivity index (χ0) is 19.2. The molecule has 1 fully saturated rings. The monoisotopic (exact) mass is 363 g/mol. The van der Waals surface area contributed by atoms with Gasteiger partial charge in [0.1, 0.15) is 8.07 Å². The minimum absolute atomic E-state index is 0.117. The van der Waals surface area contributed by atoms with Crippen molar-refractivity contribution in [2.45, 2.75) is 111 Å². The van der Waals surface area contributed by atoms with Crippen LogP contribution in [-0.4, -0.2) is 20.0 Å². The minimum atomic E-state index is -1.92. The van der Waals surface area contributed by atoms with Gasteiger partial charge in [0.25, 0.3) is 0 Å². The first-order valence-electron chi connectivity index (χ1n) is 10.5. The highest BCUT2D eigenvalue weighted by atomic mass is 28.3. The van der Waals surface area contributed by atoms with Gasteiger partial charge in [0.05, 0.1) is 0 Å². The van der Waals surface area contributed by atoms with Crippen molar-refractivity contribution in [1.82, 2.24) is 5.32 Å². The van der Waals surface area contributed by atoms with E-state index in [2.05, 4.69) is 67.6 Å². The number of rotatable bonds is 4. The van der Waals surface area contributed by atoms with E-state index < -0.39 is 8.07 Å². The summed E-state index contributed by atoms with van der Waals surface area (Å²) in [5.74, 6) is 0.848. The molecule has 1 aliphatic carbocycles. The number of carbonyl (C=O) groups is 1. The summed E-state index contributed by atoms with van der Waals surface area (Å²) in [6.45, 7) is 21.1. The lowest BCUT2D eigenvalue weighted by Gasteiger charge is -2.52. The van der Waals surface area contributed by atoms with Gasteiger partial charge in [-0.25, -0.2) is 0 Å². The van der Waals surface area contributed by atoms with Crippen LogP contribution in [0, 0.1) is 11.3 Å². The van der Waals surface area contributed by atoms with Gasteiger partial charge in [-0.3, -0.25) is 4.79 Å². The maximum Gasteiger partial charge on any atom is 0.243 e. The molecule has 0 aromatic carbocycles. The van der Waals surface area contributed by atoms with Crippen LogP contribution < -0.4 is 5.32 Å². The molecule has 0 spiro atoms. The van der Waals surface area contributed by atoms with Crippen molar-refractivity contribution in [3.05, 3.63) is 10.8 Å². The molecule has 0 aromatic rings. The lowest BCUT2D eigenvalue weighted by atomic mass is 9.69. The Labute approximate surface area is 157 Å². The van der Waals surface area contributed by atoms with E-state index in [-0.39, 0.29) is 17.4 Å². The Bertz CT molecular complexity index is 517. The normalized spacial score (nSPS) is 25.7. The Morgan fingerprint density at radius 2 is 1.48 bits per heavy atom. The maximum atomic E-state index is 13.5. The van der Waals surface area contributed by atoms with Crippen LogP contribution in [0.4, 0.5) is 0 Å². The second-order valence-electron chi connectivity index (χ2n) is 10.5. The molecule has 2 atom stereocenters. The fraction of sp³-hybridized carbons (Fsp3) is 0.864. The van der Waals surface area contributed by atoms with Gasteiger partial charge in [-0.15, -0.1) is 0 Å². The minimum Gasteiger partial charge on any atom is -0.349 e. The average Bonchev–Trinajstić information content (AvgIpc) is 2.47. The third kappa shape index (κ3) is 3.38. The van der Waals surface area contributed by atoms with Gasteiger partial charge in [-0.1, -0.05) is 74.3 Å². The Kier molecular flexibility index (Phi) is 5.98. The van der Waals surface area contributed by atoms with Crippen molar-refractivity contribution in [1.29, 1.82) is 0 Å². The second-order valence-corrected chi connectivity index (χ2v) is 16.3. The molecular weight excluding hydrogens is 322 g/mol. The first-order chi connectivity index (χ1) is 11.5. The average molecular weight is 364 g/mol. The van der Waals surface area contributed by atoms with E-state index in [4.69, 9.17) is 0 Å². The summed E-state index contributed by atoms with van der Waals surface area (Å²) in [5, 5.41) is 4.82. The molecule has 0 aromatic heterocycles. The van der Waals surface area contributed by atoms with Gasteiger partial charge in [0, 0.05) is 17.2 Å². The van der Waals surface area contributed by atoms with E-state index in [0.717, 1.165) is 6.42 Å². The van der Waals surface area contributed by atoms with Crippen molar-refractivity contribution >= 4 is 14.0 Å². The summed E-state index contributed by atoms with van der Waals surface area (Å²) in [4.78, 5) is 13.5. The fourth-order valence-electron chi connectivity index (χ4n) is 6.34. The summed E-state index contributed by atoms with van der Waals surface area (Å²) in [6, 6.07) is 0.289. The molecule has 0 radical (unpaired) electrons. The topological polar surface area (TPSA) is 29.1 Å². The fourth-order valence-corrected chi connectivity index (χ4v) is 13.4. The zero-order valence-electron chi connectivity index (χ0n) is 18.1. The molecule has 0 bridgehead atoms. The third-order valence-corrected chi connectivity index (χ3v) is 14.3. The molecule has 0 unspecified atom stereocenters. The summed E-state index contributed by atoms with van der Waals surface area (Å²) in [5.41, 5.74) is 3.46. The van der Waals surface area contributed by atoms with Crippen LogP contribution in [0.3, 0.4) is 0 Å². The highest BCUT2D eigenvalue weighted by molar-refractivity contribution is 6.93. The number of hydrogen-bond acceptors (Lipinski definition) is 1. The molecule has 2 rings (SSSR count). The predicted octanol–water partition coefficient (Wildman–Crippen LogP) is 6.24. The second kappa shape index (κ2) is 7.21. The Hall–Kier alpha value is -0.573. The zero-order valence-corrected chi connectivity index (χ0v) is 19.1. The molecule has 2 aliphatic rings. The summed E-state index contributed by atoms with van der Waals surface area (Å²) in [7, 11) is -1.92. The Balaban J connectivity index is 2.71. The van der Waals surface area contributed by atoms with Gasteiger partial charge in [0.2, 0.25) is 5.91 Å². The molecular formula is C22H41NOSi. The third-order valence-electron chi connectivity index (χ3n) is 7.13. The predicted molar refractivity (Wildman–Crippen MR) is 111 cm³/mol. The van der Waals surface area contributed by atoms with Gasteiger partial charge in [-0.05, 0) is 41.3 Å². The summed E-state index contributed by atoms with van der Waals surface area (Å²) in [6.07, 6.45) is 4.97. The van der Waals surface area contributed by atoms with Crippen LogP contribution >= 0.6 is 0 Å². The molecule has 3 heteroatoms. The van der Waals surface area contributed by atoms with Crippen molar-refractivity contribution < 1.29 is 4.79 Å². The lowest BCUT2D eigenvalue weighted by Crippen LogP contribution is -2.60. The molecule has 2 nitrogen and oxygen atoms in total. The van der Waals surface area contributed by atoms with Crippen LogP contribution in [-0.2, 0) is 4.79 Å². The van der Waals surface area contributed by atoms with Crippen LogP contribution in [0.2, 0.25) is 16.6 Å². The number of amides is 1. The van der Waals surface area contributed by atoms with Gasteiger partial charge in [-0.2, -0.15) is 0 Å². The van der Waals surface area contributed by atoms with Crippen molar-refractivity contribution in [3.63, 3.8) is 0 Å². The Morgan fingerprint density at radius 3 is 1.92 bits per heavy atom. The van der Waals surface area contributed by atoms with Crippen molar-refractivity contribution in [2.75, 3.05) is 0 Å². The van der Waals surface area contributed by atoms with Crippen molar-refractivity contribution in [3.8, 4) is 0 Å². The van der Waals surface area contributed by atoms with Crippen molar-refractivity contribution in [2.24, 2.45) is 11.3 Å². The van der Waals surface area contributed by atoms with Crippen LogP contribution in [0.25, 0.3) is 0 Å². The largest absolute Gasteiger partial charge is 0.349 e. The highest BCUT2D eigenvalue weighted by Gasteiger charge is 2.53. The highest BCUT2D eigenvalue weighted by Crippen LogP contribution is 2.52. The smallest absolute Gasteiger partial charge is 0.243 e. The molecule has 1 amide bonds. The molecule has 144 valence electrons.